The van der Waals surface area contributed by atoms with Crippen LogP contribution in [-0.2, 0) is 11.3 Å². The Morgan fingerprint density at radius 3 is 2.40 bits per heavy atom. The van der Waals surface area contributed by atoms with E-state index in [1.807, 2.05) is 55.6 Å². The SMILES string of the molecule is CSCC[C@@H](NC(=O)c1ccccc1)C(=O)NCc1ccccc1C. The molecule has 25 heavy (non-hydrogen) atoms. The van der Waals surface area contributed by atoms with Crippen molar-refractivity contribution in [1.82, 2.24) is 10.6 Å². The molecule has 0 saturated carbocycles. The van der Waals surface area contributed by atoms with E-state index in [2.05, 4.69) is 10.6 Å². The first-order valence-electron chi connectivity index (χ1n) is 8.29. The minimum Gasteiger partial charge on any atom is -0.350 e. The highest BCUT2D eigenvalue weighted by Crippen LogP contribution is 2.08. The van der Waals surface area contributed by atoms with Gasteiger partial charge in [-0.15, -0.1) is 0 Å². The molecule has 5 heteroatoms. The number of nitrogens with one attached hydrogen (secondary N) is 2. The van der Waals surface area contributed by atoms with E-state index in [1.54, 1.807) is 23.9 Å². The van der Waals surface area contributed by atoms with Crippen LogP contribution in [0.25, 0.3) is 0 Å². The fourth-order valence-corrected chi connectivity index (χ4v) is 2.92. The third kappa shape index (κ3) is 5.94. The zero-order chi connectivity index (χ0) is 18.1. The largest absolute Gasteiger partial charge is 0.350 e. The van der Waals surface area contributed by atoms with E-state index in [4.69, 9.17) is 0 Å². The lowest BCUT2D eigenvalue weighted by Gasteiger charge is -2.18. The molecule has 4 nitrogen and oxygen atoms in total. The molecule has 2 rings (SSSR count). The maximum Gasteiger partial charge on any atom is 0.251 e. The van der Waals surface area contributed by atoms with Gasteiger partial charge in [0.05, 0.1) is 0 Å². The van der Waals surface area contributed by atoms with Crippen LogP contribution in [0.15, 0.2) is 54.6 Å². The van der Waals surface area contributed by atoms with Gasteiger partial charge in [-0.1, -0.05) is 42.5 Å². The standard InChI is InChI=1S/C20H24N2O2S/c1-15-8-6-7-11-17(15)14-21-20(24)18(12-13-25-2)22-19(23)16-9-4-3-5-10-16/h3-11,18H,12-14H2,1-2H3,(H,21,24)(H,22,23)/t18-/m1/s1. The molecule has 0 aliphatic carbocycles. The number of rotatable bonds is 8. The molecule has 2 aromatic rings. The van der Waals surface area contributed by atoms with E-state index in [0.717, 1.165) is 16.9 Å². The second-order valence-electron chi connectivity index (χ2n) is 5.82. The van der Waals surface area contributed by atoms with Crippen LogP contribution in [-0.4, -0.2) is 29.9 Å². The highest BCUT2D eigenvalue weighted by molar-refractivity contribution is 7.98. The maximum atomic E-state index is 12.6. The van der Waals surface area contributed by atoms with Crippen LogP contribution in [0, 0.1) is 6.92 Å². The number of benzene rings is 2. The molecule has 0 spiro atoms. The van der Waals surface area contributed by atoms with Gasteiger partial charge in [0.1, 0.15) is 6.04 Å². The van der Waals surface area contributed by atoms with Gasteiger partial charge in [-0.2, -0.15) is 11.8 Å². The second kappa shape index (κ2) is 9.89. The van der Waals surface area contributed by atoms with Crippen LogP contribution in [0.2, 0.25) is 0 Å². The van der Waals surface area contributed by atoms with Gasteiger partial charge < -0.3 is 10.6 Å². The minimum atomic E-state index is -0.538. The Bertz CT molecular complexity index is 704. The summed E-state index contributed by atoms with van der Waals surface area (Å²) in [5, 5.41) is 5.80. The average molecular weight is 356 g/mol. The van der Waals surface area contributed by atoms with Gasteiger partial charge in [0.15, 0.2) is 0 Å². The highest BCUT2D eigenvalue weighted by Gasteiger charge is 2.20. The number of aryl methyl sites for hydroxylation is 1. The number of thioether (sulfide) groups is 1. The Morgan fingerprint density at radius 1 is 1.04 bits per heavy atom. The molecule has 0 aliphatic rings. The first-order chi connectivity index (χ1) is 12.1. The quantitative estimate of drug-likeness (QED) is 0.764. The summed E-state index contributed by atoms with van der Waals surface area (Å²) in [6.45, 7) is 2.48. The Labute approximate surface area is 153 Å². The van der Waals surface area contributed by atoms with Crippen LogP contribution >= 0.6 is 11.8 Å². The smallest absolute Gasteiger partial charge is 0.251 e. The molecular weight excluding hydrogens is 332 g/mol. The first-order valence-corrected chi connectivity index (χ1v) is 9.68. The molecule has 0 unspecified atom stereocenters. The predicted molar refractivity (Wildman–Crippen MR) is 104 cm³/mol. The molecule has 132 valence electrons. The molecule has 1 atom stereocenters. The van der Waals surface area contributed by atoms with E-state index < -0.39 is 6.04 Å². The molecule has 0 radical (unpaired) electrons. The van der Waals surface area contributed by atoms with Crippen LogP contribution in [0.5, 0.6) is 0 Å². The predicted octanol–water partition coefficient (Wildman–Crippen LogP) is 3.16. The molecule has 0 heterocycles. The van der Waals surface area contributed by atoms with Crippen LogP contribution < -0.4 is 10.6 Å². The second-order valence-corrected chi connectivity index (χ2v) is 6.80. The van der Waals surface area contributed by atoms with Crippen LogP contribution in [0.4, 0.5) is 0 Å². The minimum absolute atomic E-state index is 0.151. The lowest BCUT2D eigenvalue weighted by Crippen LogP contribution is -2.46. The lowest BCUT2D eigenvalue weighted by molar-refractivity contribution is -0.123. The summed E-state index contributed by atoms with van der Waals surface area (Å²) in [6, 6.07) is 16.4. The molecular formula is C20H24N2O2S. The van der Waals surface area contributed by atoms with Crippen LogP contribution in [0.1, 0.15) is 27.9 Å². The normalized spacial score (nSPS) is 11.6. The van der Waals surface area contributed by atoms with Crippen LogP contribution in [0.3, 0.4) is 0 Å². The van der Waals surface area contributed by atoms with Gasteiger partial charge in [0.2, 0.25) is 5.91 Å². The molecule has 2 amide bonds. The molecule has 0 fully saturated rings. The van der Waals surface area contributed by atoms with E-state index in [9.17, 15) is 9.59 Å². The zero-order valence-electron chi connectivity index (χ0n) is 14.6. The van der Waals surface area contributed by atoms with Crippen molar-refractivity contribution in [3.05, 3.63) is 71.3 Å². The van der Waals surface area contributed by atoms with Gasteiger partial charge in [-0.05, 0) is 48.6 Å². The Balaban J connectivity index is 1.99. The van der Waals surface area contributed by atoms with Crippen molar-refractivity contribution in [2.45, 2.75) is 25.9 Å². The Kier molecular flexibility index (Phi) is 7.54. The Hall–Kier alpha value is -2.27. The van der Waals surface area contributed by atoms with Gasteiger partial charge in [-0.3, -0.25) is 9.59 Å². The number of carbonyl (C=O) groups excluding carboxylic acids is 2. The molecule has 0 aliphatic heterocycles. The molecule has 2 aromatic carbocycles. The number of carbonyl (C=O) groups is 2. The van der Waals surface area contributed by atoms with Crippen molar-refractivity contribution in [2.75, 3.05) is 12.0 Å². The van der Waals surface area contributed by atoms with Crippen molar-refractivity contribution in [1.29, 1.82) is 0 Å². The first kappa shape index (κ1) is 19.1. The highest BCUT2D eigenvalue weighted by atomic mass is 32.2. The molecule has 0 bridgehead atoms. The fourth-order valence-electron chi connectivity index (χ4n) is 2.45. The summed E-state index contributed by atoms with van der Waals surface area (Å²) in [6.07, 6.45) is 2.58. The van der Waals surface area contributed by atoms with E-state index >= 15 is 0 Å². The van der Waals surface area contributed by atoms with E-state index in [1.165, 1.54) is 0 Å². The summed E-state index contributed by atoms with van der Waals surface area (Å²) < 4.78 is 0. The number of amides is 2. The van der Waals surface area contributed by atoms with Crippen molar-refractivity contribution in [2.24, 2.45) is 0 Å². The topological polar surface area (TPSA) is 58.2 Å². The van der Waals surface area contributed by atoms with Crippen molar-refractivity contribution >= 4 is 23.6 Å². The third-order valence-corrected chi connectivity index (χ3v) is 4.63. The number of hydrogen-bond acceptors (Lipinski definition) is 3. The lowest BCUT2D eigenvalue weighted by atomic mass is 10.1. The van der Waals surface area contributed by atoms with Crippen molar-refractivity contribution in [3.63, 3.8) is 0 Å². The molecule has 2 N–H and O–H groups in total. The molecule has 0 aromatic heterocycles. The monoisotopic (exact) mass is 356 g/mol. The fraction of sp³-hybridized carbons (Fsp3) is 0.300. The van der Waals surface area contributed by atoms with Gasteiger partial charge in [0, 0.05) is 12.1 Å². The summed E-state index contributed by atoms with van der Waals surface area (Å²) in [5.74, 6) is 0.427. The van der Waals surface area contributed by atoms with Crippen molar-refractivity contribution < 1.29 is 9.59 Å². The van der Waals surface area contributed by atoms with Gasteiger partial charge in [-0.25, -0.2) is 0 Å². The Morgan fingerprint density at radius 2 is 1.72 bits per heavy atom. The summed E-state index contributed by atoms with van der Waals surface area (Å²) in [7, 11) is 0. The third-order valence-electron chi connectivity index (χ3n) is 3.98. The number of hydrogen-bond donors (Lipinski definition) is 2. The van der Waals surface area contributed by atoms with E-state index in [0.29, 0.717) is 18.5 Å². The molecule has 0 saturated heterocycles. The van der Waals surface area contributed by atoms with E-state index in [-0.39, 0.29) is 11.8 Å². The average Bonchev–Trinajstić information content (AvgIpc) is 2.64. The van der Waals surface area contributed by atoms with Crippen molar-refractivity contribution in [3.8, 4) is 0 Å². The summed E-state index contributed by atoms with van der Waals surface area (Å²) in [4.78, 5) is 24.9. The van der Waals surface area contributed by atoms with Gasteiger partial charge >= 0.3 is 0 Å². The van der Waals surface area contributed by atoms with Gasteiger partial charge in [0.25, 0.3) is 5.91 Å². The summed E-state index contributed by atoms with van der Waals surface area (Å²) >= 11 is 1.66. The zero-order valence-corrected chi connectivity index (χ0v) is 15.4. The summed E-state index contributed by atoms with van der Waals surface area (Å²) in [5.41, 5.74) is 2.77. The maximum absolute atomic E-state index is 12.6.